The summed E-state index contributed by atoms with van der Waals surface area (Å²) in [6.07, 6.45) is 3.93. The first-order valence-electron chi connectivity index (χ1n) is 4.32. The maximum Gasteiger partial charge on any atom is 0.177 e. The molecule has 0 saturated carbocycles. The molecule has 74 valence electrons. The summed E-state index contributed by atoms with van der Waals surface area (Å²) < 4.78 is 2.80. The molecule has 0 radical (unpaired) electrons. The predicted octanol–water partition coefficient (Wildman–Crippen LogP) is 2.67. The topological polar surface area (TPSA) is 33.6 Å². The van der Waals surface area contributed by atoms with Gasteiger partial charge in [-0.3, -0.25) is 0 Å². The minimum atomic E-state index is 0.772. The Hall–Kier alpha value is -0.940. The molecule has 5 heteroatoms. The quantitative estimate of drug-likeness (QED) is 0.797. The number of aryl methyl sites for hydroxylation is 2. The third-order valence-corrected chi connectivity index (χ3v) is 3.14. The highest BCUT2D eigenvalue weighted by molar-refractivity contribution is 7.71. The zero-order valence-electron chi connectivity index (χ0n) is 8.07. The highest BCUT2D eigenvalue weighted by Gasteiger charge is 2.01. The van der Waals surface area contributed by atoms with Crippen LogP contribution in [0.5, 0.6) is 0 Å². The van der Waals surface area contributed by atoms with Crippen molar-refractivity contribution in [3.8, 4) is 0 Å². The van der Waals surface area contributed by atoms with E-state index in [1.165, 1.54) is 4.88 Å². The van der Waals surface area contributed by atoms with E-state index >= 15 is 0 Å². The number of hydrogen-bond donors (Lipinski definition) is 1. The van der Waals surface area contributed by atoms with Crippen molar-refractivity contribution in [2.45, 2.75) is 20.4 Å². The van der Waals surface area contributed by atoms with Crippen LogP contribution in [-0.2, 0) is 6.54 Å². The molecule has 0 aliphatic carbocycles. The number of H-pyrrole nitrogens is 1. The van der Waals surface area contributed by atoms with Crippen molar-refractivity contribution in [3.63, 3.8) is 0 Å². The molecular formula is C9H11N3S2. The third kappa shape index (κ3) is 1.93. The summed E-state index contributed by atoms with van der Waals surface area (Å²) >= 11 is 6.88. The van der Waals surface area contributed by atoms with Crippen molar-refractivity contribution >= 4 is 23.6 Å². The number of nitrogens with zero attached hydrogens (tertiary/aromatic N) is 2. The standard InChI is InChI=1S/C9H11N3S2/c1-6-4-12(9(13)11-6)5-8-3-10-7(2)14-8/h3-4H,5H2,1-2H3,(H,11,13). The molecule has 0 fully saturated rings. The molecule has 0 atom stereocenters. The first-order chi connectivity index (χ1) is 6.65. The molecule has 2 rings (SSSR count). The third-order valence-electron chi connectivity index (χ3n) is 1.91. The van der Waals surface area contributed by atoms with Crippen molar-refractivity contribution in [2.24, 2.45) is 0 Å². The summed E-state index contributed by atoms with van der Waals surface area (Å²) in [5.41, 5.74) is 1.09. The number of thiazole rings is 1. The van der Waals surface area contributed by atoms with Gasteiger partial charge < -0.3 is 9.55 Å². The van der Waals surface area contributed by atoms with Crippen LogP contribution >= 0.6 is 23.6 Å². The second-order valence-electron chi connectivity index (χ2n) is 3.22. The molecule has 2 heterocycles. The lowest BCUT2D eigenvalue weighted by Gasteiger charge is -1.96. The zero-order valence-corrected chi connectivity index (χ0v) is 9.71. The average molecular weight is 225 g/mol. The number of imidazole rings is 1. The van der Waals surface area contributed by atoms with E-state index in [4.69, 9.17) is 12.2 Å². The molecule has 2 aromatic heterocycles. The summed E-state index contributed by atoms with van der Waals surface area (Å²) in [5, 5.41) is 1.10. The monoisotopic (exact) mass is 225 g/mol. The number of nitrogens with one attached hydrogen (secondary N) is 1. The summed E-state index contributed by atoms with van der Waals surface area (Å²) in [5.74, 6) is 0. The van der Waals surface area contributed by atoms with Crippen LogP contribution in [0, 0.1) is 18.6 Å². The van der Waals surface area contributed by atoms with Crippen molar-refractivity contribution in [1.29, 1.82) is 0 Å². The molecule has 0 aromatic carbocycles. The second-order valence-corrected chi connectivity index (χ2v) is 4.92. The molecule has 0 amide bonds. The Morgan fingerprint density at radius 2 is 2.36 bits per heavy atom. The van der Waals surface area contributed by atoms with Crippen molar-refractivity contribution < 1.29 is 0 Å². The second kappa shape index (κ2) is 3.67. The average Bonchev–Trinajstić information content (AvgIpc) is 2.61. The summed E-state index contributed by atoms with van der Waals surface area (Å²) in [6.45, 7) is 4.83. The molecule has 14 heavy (non-hydrogen) atoms. The molecule has 0 bridgehead atoms. The number of hydrogen-bond acceptors (Lipinski definition) is 3. The number of rotatable bonds is 2. The van der Waals surface area contributed by atoms with Gasteiger partial charge in [-0.25, -0.2) is 4.98 Å². The Balaban J connectivity index is 2.26. The predicted molar refractivity (Wildman–Crippen MR) is 60.3 cm³/mol. The van der Waals surface area contributed by atoms with E-state index < -0.39 is 0 Å². The van der Waals surface area contributed by atoms with E-state index in [9.17, 15) is 0 Å². The van der Waals surface area contributed by atoms with Gasteiger partial charge in [-0.2, -0.15) is 0 Å². The Morgan fingerprint density at radius 1 is 1.57 bits per heavy atom. The Bertz CT molecular complexity index is 492. The molecule has 0 unspecified atom stereocenters. The van der Waals surface area contributed by atoms with E-state index in [2.05, 4.69) is 9.97 Å². The normalized spacial score (nSPS) is 10.7. The molecule has 0 saturated heterocycles. The molecule has 0 aliphatic rings. The van der Waals surface area contributed by atoms with Gasteiger partial charge in [-0.05, 0) is 26.1 Å². The minimum Gasteiger partial charge on any atom is -0.335 e. The van der Waals surface area contributed by atoms with Gasteiger partial charge in [-0.15, -0.1) is 11.3 Å². The Kier molecular flexibility index (Phi) is 2.52. The van der Waals surface area contributed by atoms with Crippen LogP contribution in [-0.4, -0.2) is 14.5 Å². The van der Waals surface area contributed by atoms with Gasteiger partial charge in [0.2, 0.25) is 0 Å². The number of aromatic amines is 1. The lowest BCUT2D eigenvalue weighted by Crippen LogP contribution is -1.95. The zero-order chi connectivity index (χ0) is 10.1. The fourth-order valence-corrected chi connectivity index (χ4v) is 2.40. The van der Waals surface area contributed by atoms with Crippen LogP contribution in [0.3, 0.4) is 0 Å². The maximum absolute atomic E-state index is 5.17. The van der Waals surface area contributed by atoms with Crippen molar-refractivity contribution in [1.82, 2.24) is 14.5 Å². The van der Waals surface area contributed by atoms with Gasteiger partial charge >= 0.3 is 0 Å². The fourth-order valence-electron chi connectivity index (χ4n) is 1.33. The lowest BCUT2D eigenvalue weighted by atomic mass is 10.5. The molecular weight excluding hydrogens is 214 g/mol. The van der Waals surface area contributed by atoms with Gasteiger partial charge in [0.05, 0.1) is 11.6 Å². The molecule has 3 nitrogen and oxygen atoms in total. The van der Waals surface area contributed by atoms with Crippen LogP contribution in [0.15, 0.2) is 12.4 Å². The summed E-state index contributed by atoms with van der Waals surface area (Å²) in [6, 6.07) is 0. The lowest BCUT2D eigenvalue weighted by molar-refractivity contribution is 0.794. The van der Waals surface area contributed by atoms with Gasteiger partial charge in [-0.1, -0.05) is 0 Å². The van der Waals surface area contributed by atoms with Crippen LogP contribution in [0.2, 0.25) is 0 Å². The van der Waals surface area contributed by atoms with Crippen LogP contribution in [0.1, 0.15) is 15.6 Å². The van der Waals surface area contributed by atoms with Crippen molar-refractivity contribution in [2.75, 3.05) is 0 Å². The Morgan fingerprint density at radius 3 is 2.86 bits per heavy atom. The van der Waals surface area contributed by atoms with Crippen molar-refractivity contribution in [3.05, 3.63) is 32.7 Å². The number of aromatic nitrogens is 3. The van der Waals surface area contributed by atoms with E-state index in [1.54, 1.807) is 11.3 Å². The molecule has 0 aliphatic heterocycles. The van der Waals surface area contributed by atoms with Crippen LogP contribution in [0.25, 0.3) is 0 Å². The molecule has 2 aromatic rings. The van der Waals surface area contributed by atoms with Crippen LogP contribution < -0.4 is 0 Å². The molecule has 0 spiro atoms. The van der Waals surface area contributed by atoms with Gasteiger partial charge in [0.25, 0.3) is 0 Å². The summed E-state index contributed by atoms with van der Waals surface area (Å²) in [7, 11) is 0. The first-order valence-corrected chi connectivity index (χ1v) is 5.55. The van der Waals surface area contributed by atoms with E-state index in [0.29, 0.717) is 0 Å². The fraction of sp³-hybridized carbons (Fsp3) is 0.333. The maximum atomic E-state index is 5.17. The smallest absolute Gasteiger partial charge is 0.177 e. The largest absolute Gasteiger partial charge is 0.335 e. The Labute approximate surface area is 91.4 Å². The SMILES string of the molecule is Cc1cn(Cc2cnc(C)s2)c(=S)[nH]1. The molecule has 1 N–H and O–H groups in total. The van der Waals surface area contributed by atoms with Gasteiger partial charge in [0, 0.05) is 23.0 Å². The first kappa shape index (κ1) is 9.61. The summed E-state index contributed by atoms with van der Waals surface area (Å²) in [4.78, 5) is 8.54. The van der Waals surface area contributed by atoms with E-state index in [1.807, 2.05) is 30.8 Å². The highest BCUT2D eigenvalue weighted by Crippen LogP contribution is 2.13. The van der Waals surface area contributed by atoms with Crippen LogP contribution in [0.4, 0.5) is 0 Å². The van der Waals surface area contributed by atoms with Gasteiger partial charge in [0.1, 0.15) is 0 Å². The minimum absolute atomic E-state index is 0.772. The van der Waals surface area contributed by atoms with Gasteiger partial charge in [0.15, 0.2) is 4.77 Å². The highest BCUT2D eigenvalue weighted by atomic mass is 32.1. The van der Waals surface area contributed by atoms with E-state index in [0.717, 1.165) is 22.0 Å². The van der Waals surface area contributed by atoms with E-state index in [-0.39, 0.29) is 0 Å².